The van der Waals surface area contributed by atoms with Crippen LogP contribution in [-0.4, -0.2) is 0 Å². The van der Waals surface area contributed by atoms with E-state index in [0.717, 1.165) is 0 Å². The van der Waals surface area contributed by atoms with Crippen LogP contribution in [0.1, 0.15) is 32.6 Å². The van der Waals surface area contributed by atoms with E-state index < -0.39 is 0 Å². The van der Waals surface area contributed by atoms with E-state index in [4.69, 9.17) is 11.6 Å². The summed E-state index contributed by atoms with van der Waals surface area (Å²) in [7, 11) is 0. The van der Waals surface area contributed by atoms with Gasteiger partial charge in [0, 0.05) is 5.54 Å². The van der Waals surface area contributed by atoms with E-state index in [1.807, 2.05) is 12.2 Å². The molecule has 0 amide bonds. The Labute approximate surface area is 68.6 Å². The summed E-state index contributed by atoms with van der Waals surface area (Å²) in [5.41, 5.74) is 1.52. The van der Waals surface area contributed by atoms with Crippen LogP contribution >= 0.6 is 11.6 Å². The fourth-order valence-electron chi connectivity index (χ4n) is 0.729. The Balaban J connectivity index is 3.02. The third-order valence-corrected chi connectivity index (χ3v) is 1.44. The highest BCUT2D eigenvalue weighted by Gasteiger charge is 1.79. The number of hydrogen-bond donors (Lipinski definition) is 0. The van der Waals surface area contributed by atoms with Gasteiger partial charge in [0.25, 0.3) is 0 Å². The van der Waals surface area contributed by atoms with E-state index in [1.54, 1.807) is 0 Å². The Morgan fingerprint density at radius 2 is 2.00 bits per heavy atom. The summed E-state index contributed by atoms with van der Waals surface area (Å²) in [5.74, 6) is 0. The average molecular weight is 159 g/mol. The molecule has 0 N–H and O–H groups in total. The lowest BCUT2D eigenvalue weighted by Crippen LogP contribution is -1.69. The molecule has 1 heteroatoms. The number of halogens is 1. The zero-order valence-corrected chi connectivity index (χ0v) is 7.27. The van der Waals surface area contributed by atoms with Gasteiger partial charge < -0.3 is 0 Å². The van der Waals surface area contributed by atoms with E-state index in [0.29, 0.717) is 0 Å². The van der Waals surface area contributed by atoms with Crippen LogP contribution in [0.15, 0.2) is 23.8 Å². The van der Waals surface area contributed by atoms with Crippen LogP contribution in [0.4, 0.5) is 0 Å². The summed E-state index contributed by atoms with van der Waals surface area (Å²) in [6, 6.07) is 0. The molecule has 0 rings (SSSR count). The lowest BCUT2D eigenvalue weighted by atomic mass is 10.2. The number of rotatable bonds is 5. The number of hydrogen-bond acceptors (Lipinski definition) is 0. The molecule has 0 fully saturated rings. The molecule has 0 nitrogen and oxygen atoms in total. The Kier molecular flexibility index (Phi) is 8.57. The molecule has 0 aromatic heterocycles. The van der Waals surface area contributed by atoms with Gasteiger partial charge in [0.05, 0.1) is 0 Å². The summed E-state index contributed by atoms with van der Waals surface area (Å²) in [4.78, 5) is 0. The first-order chi connectivity index (χ1) is 4.91. The first kappa shape index (κ1) is 9.77. The third-order valence-electron chi connectivity index (χ3n) is 1.29. The van der Waals surface area contributed by atoms with Gasteiger partial charge in [-0.1, -0.05) is 49.6 Å². The molecule has 0 saturated carbocycles. The summed E-state index contributed by atoms with van der Waals surface area (Å²) in [6.45, 7) is 2.21. The van der Waals surface area contributed by atoms with Gasteiger partial charge in [0.1, 0.15) is 0 Å². The maximum absolute atomic E-state index is 5.31. The van der Waals surface area contributed by atoms with E-state index in [2.05, 4.69) is 13.0 Å². The minimum atomic E-state index is 1.18. The summed E-state index contributed by atoms with van der Waals surface area (Å²) >= 11 is 5.31. The van der Waals surface area contributed by atoms with Crippen LogP contribution in [0.25, 0.3) is 0 Å². The predicted molar refractivity (Wildman–Crippen MR) is 48.3 cm³/mol. The quantitative estimate of drug-likeness (QED) is 0.421. The van der Waals surface area contributed by atoms with Crippen molar-refractivity contribution in [3.8, 4) is 0 Å². The van der Waals surface area contributed by atoms with Crippen molar-refractivity contribution >= 4 is 11.6 Å². The fourth-order valence-corrected chi connectivity index (χ4v) is 0.813. The normalized spacial score (nSPS) is 11.8. The molecule has 10 heavy (non-hydrogen) atoms. The topological polar surface area (TPSA) is 0 Å². The second kappa shape index (κ2) is 8.77. The first-order valence-electron chi connectivity index (χ1n) is 3.83. The van der Waals surface area contributed by atoms with Gasteiger partial charge in [-0.05, 0) is 12.8 Å². The van der Waals surface area contributed by atoms with Crippen molar-refractivity contribution in [3.05, 3.63) is 23.8 Å². The molecule has 0 aromatic carbocycles. The lowest BCUT2D eigenvalue weighted by molar-refractivity contribution is 0.729. The van der Waals surface area contributed by atoms with Crippen LogP contribution in [0.5, 0.6) is 0 Å². The maximum Gasteiger partial charge on any atom is 0.00423 e. The highest BCUT2D eigenvalue weighted by molar-refractivity contribution is 6.25. The van der Waals surface area contributed by atoms with Crippen LogP contribution in [0.2, 0.25) is 0 Å². The maximum atomic E-state index is 5.31. The van der Waals surface area contributed by atoms with Gasteiger partial charge in [0.15, 0.2) is 0 Å². The molecule has 0 aliphatic carbocycles. The van der Waals surface area contributed by atoms with E-state index >= 15 is 0 Å². The minimum absolute atomic E-state index is 1.18. The Morgan fingerprint density at radius 1 is 1.20 bits per heavy atom. The Bertz CT molecular complexity index is 103. The zero-order valence-electron chi connectivity index (χ0n) is 6.52. The third kappa shape index (κ3) is 7.77. The zero-order chi connectivity index (χ0) is 7.66. The molecular formula is C9H15Cl. The molecule has 0 saturated heterocycles. The van der Waals surface area contributed by atoms with Crippen molar-refractivity contribution in [2.45, 2.75) is 32.6 Å². The van der Waals surface area contributed by atoms with Gasteiger partial charge in [-0.2, -0.15) is 0 Å². The summed E-state index contributed by atoms with van der Waals surface area (Å²) in [6.07, 6.45) is 11.1. The lowest BCUT2D eigenvalue weighted by Gasteiger charge is -1.89. The van der Waals surface area contributed by atoms with Crippen molar-refractivity contribution in [3.63, 3.8) is 0 Å². The van der Waals surface area contributed by atoms with Crippen LogP contribution in [0.3, 0.4) is 0 Å². The van der Waals surface area contributed by atoms with Gasteiger partial charge in [-0.3, -0.25) is 0 Å². The standard InChI is InChI=1S/C9H15Cl/c1-2-3-4-5-6-7-8-9-10/h6-9H,2-5H2,1H3/b7-6-,9-8-. The van der Waals surface area contributed by atoms with E-state index in [1.165, 1.54) is 31.2 Å². The van der Waals surface area contributed by atoms with Gasteiger partial charge in [0.2, 0.25) is 0 Å². The van der Waals surface area contributed by atoms with Crippen LogP contribution in [0, 0.1) is 0 Å². The summed E-state index contributed by atoms with van der Waals surface area (Å²) in [5, 5.41) is 0. The molecular weight excluding hydrogens is 144 g/mol. The summed E-state index contributed by atoms with van der Waals surface area (Å²) < 4.78 is 0. The first-order valence-corrected chi connectivity index (χ1v) is 4.27. The van der Waals surface area contributed by atoms with Crippen molar-refractivity contribution < 1.29 is 0 Å². The van der Waals surface area contributed by atoms with E-state index in [9.17, 15) is 0 Å². The smallest absolute Gasteiger partial charge is 0.00423 e. The van der Waals surface area contributed by atoms with Crippen molar-refractivity contribution in [1.82, 2.24) is 0 Å². The molecule has 0 aromatic rings. The van der Waals surface area contributed by atoms with Crippen molar-refractivity contribution in [2.75, 3.05) is 0 Å². The molecule has 58 valence electrons. The highest BCUT2D eigenvalue weighted by atomic mass is 35.5. The second-order valence-electron chi connectivity index (χ2n) is 2.24. The minimum Gasteiger partial charge on any atom is -0.0930 e. The molecule has 0 aliphatic rings. The Hall–Kier alpha value is -0.230. The highest BCUT2D eigenvalue weighted by Crippen LogP contribution is 1.99. The van der Waals surface area contributed by atoms with Gasteiger partial charge in [-0.25, -0.2) is 0 Å². The van der Waals surface area contributed by atoms with Gasteiger partial charge in [-0.15, -0.1) is 0 Å². The van der Waals surface area contributed by atoms with Gasteiger partial charge >= 0.3 is 0 Å². The molecule has 0 spiro atoms. The number of allylic oxidation sites excluding steroid dienone is 3. The second-order valence-corrected chi connectivity index (χ2v) is 2.49. The predicted octanol–water partition coefficient (Wildman–Crippen LogP) is 3.88. The van der Waals surface area contributed by atoms with Crippen molar-refractivity contribution in [1.29, 1.82) is 0 Å². The molecule has 0 aliphatic heterocycles. The molecule has 0 atom stereocenters. The van der Waals surface area contributed by atoms with Crippen LogP contribution in [-0.2, 0) is 0 Å². The SMILES string of the molecule is CCCCC/C=C\C=C/Cl. The monoisotopic (exact) mass is 158 g/mol. The average Bonchev–Trinajstić information content (AvgIpc) is 1.97. The number of unbranched alkanes of at least 4 members (excludes halogenated alkanes) is 3. The largest absolute Gasteiger partial charge is 0.0930 e. The molecule has 0 heterocycles. The molecule has 0 unspecified atom stereocenters. The molecule has 0 radical (unpaired) electrons. The van der Waals surface area contributed by atoms with Crippen LogP contribution < -0.4 is 0 Å². The van der Waals surface area contributed by atoms with Crippen molar-refractivity contribution in [2.24, 2.45) is 0 Å². The fraction of sp³-hybridized carbons (Fsp3) is 0.556. The Morgan fingerprint density at radius 3 is 2.60 bits per heavy atom. The van der Waals surface area contributed by atoms with E-state index in [-0.39, 0.29) is 0 Å². The molecule has 0 bridgehead atoms.